The molecule has 1 heterocycles. The summed E-state index contributed by atoms with van der Waals surface area (Å²) in [5.74, 6) is -0.517. The molecule has 0 aromatic heterocycles. The molecule has 1 aliphatic rings. The Morgan fingerprint density at radius 1 is 1.40 bits per heavy atom. The van der Waals surface area contributed by atoms with Gasteiger partial charge in [-0.2, -0.15) is 13.2 Å². The van der Waals surface area contributed by atoms with Crippen LogP contribution in [0.3, 0.4) is 0 Å². The van der Waals surface area contributed by atoms with Crippen molar-refractivity contribution in [2.24, 2.45) is 10.9 Å². The van der Waals surface area contributed by atoms with E-state index in [0.717, 1.165) is 23.9 Å². The molecule has 5 nitrogen and oxygen atoms in total. The number of halogens is 3. The average Bonchev–Trinajstić information content (AvgIpc) is 2.84. The number of hydrogen-bond acceptors (Lipinski definition) is 4. The lowest BCUT2D eigenvalue weighted by molar-refractivity contribution is -0.137. The summed E-state index contributed by atoms with van der Waals surface area (Å²) in [5, 5.41) is 4.82. The molecule has 25 heavy (non-hydrogen) atoms. The topological polar surface area (TPSA) is 70.6 Å². The first-order valence-corrected chi connectivity index (χ1v) is 8.52. The number of nitrogens with one attached hydrogen (secondary N) is 2. The highest BCUT2D eigenvalue weighted by molar-refractivity contribution is 8.15. The maximum absolute atomic E-state index is 12.7. The van der Waals surface area contributed by atoms with Gasteiger partial charge in [-0.3, -0.25) is 14.6 Å². The summed E-state index contributed by atoms with van der Waals surface area (Å²) in [6.45, 7) is 4.54. The number of rotatable bonds is 5. The third-order valence-electron chi connectivity index (χ3n) is 3.22. The molecule has 0 aliphatic carbocycles. The van der Waals surface area contributed by atoms with E-state index in [2.05, 4.69) is 15.6 Å². The number of aliphatic imine (C=N–C) groups is 1. The van der Waals surface area contributed by atoms with Gasteiger partial charge in [0.05, 0.1) is 5.56 Å². The van der Waals surface area contributed by atoms with Gasteiger partial charge in [-0.05, 0) is 24.1 Å². The second kappa shape index (κ2) is 7.90. The highest BCUT2D eigenvalue weighted by atomic mass is 32.2. The number of benzene rings is 1. The van der Waals surface area contributed by atoms with Crippen molar-refractivity contribution in [1.29, 1.82) is 0 Å². The predicted octanol–water partition coefficient (Wildman–Crippen LogP) is 3.28. The van der Waals surface area contributed by atoms with Crippen molar-refractivity contribution in [1.82, 2.24) is 5.32 Å². The molecular weight excluding hydrogens is 355 g/mol. The van der Waals surface area contributed by atoms with E-state index < -0.39 is 22.9 Å². The molecule has 0 saturated carbocycles. The standard InChI is InChI=1S/C16H18F3N3O2S/c1-9(2)8-20-15-22-14(24)12(25-15)7-13(23)21-11-5-3-4-10(6-11)16(17,18)19/h3-6,9,12H,7-8H2,1-2H3,(H,21,23)(H,20,22,24)/t12-/m1/s1. The quantitative estimate of drug-likeness (QED) is 0.832. The fraction of sp³-hybridized carbons (Fsp3) is 0.438. The van der Waals surface area contributed by atoms with Crippen molar-refractivity contribution >= 4 is 34.4 Å². The fourth-order valence-corrected chi connectivity index (χ4v) is 3.01. The van der Waals surface area contributed by atoms with Crippen LogP contribution in [0.5, 0.6) is 0 Å². The third kappa shape index (κ3) is 5.77. The van der Waals surface area contributed by atoms with Gasteiger partial charge in [-0.25, -0.2) is 0 Å². The highest BCUT2D eigenvalue weighted by Crippen LogP contribution is 2.31. The maximum Gasteiger partial charge on any atom is 0.416 e. The zero-order chi connectivity index (χ0) is 18.6. The van der Waals surface area contributed by atoms with Crippen LogP contribution in [0.25, 0.3) is 0 Å². The molecule has 1 aromatic carbocycles. The van der Waals surface area contributed by atoms with Crippen molar-refractivity contribution in [2.75, 3.05) is 11.9 Å². The number of amidine groups is 1. The summed E-state index contributed by atoms with van der Waals surface area (Å²) in [6, 6.07) is 4.36. The third-order valence-corrected chi connectivity index (χ3v) is 4.34. The lowest BCUT2D eigenvalue weighted by Gasteiger charge is -2.10. The number of carbonyl (C=O) groups is 2. The van der Waals surface area contributed by atoms with Crippen LogP contribution in [-0.2, 0) is 15.8 Å². The number of thioether (sulfide) groups is 1. The molecule has 0 unspecified atom stereocenters. The summed E-state index contributed by atoms with van der Waals surface area (Å²) in [4.78, 5) is 28.1. The zero-order valence-corrected chi connectivity index (χ0v) is 14.5. The van der Waals surface area contributed by atoms with Crippen LogP contribution in [0.1, 0.15) is 25.8 Å². The van der Waals surface area contributed by atoms with Crippen LogP contribution in [0.15, 0.2) is 29.3 Å². The van der Waals surface area contributed by atoms with Crippen molar-refractivity contribution in [3.05, 3.63) is 29.8 Å². The van der Waals surface area contributed by atoms with Crippen molar-refractivity contribution < 1.29 is 22.8 Å². The Bertz CT molecular complexity index is 689. The first-order chi connectivity index (χ1) is 11.6. The van der Waals surface area contributed by atoms with Crippen molar-refractivity contribution in [3.8, 4) is 0 Å². The van der Waals surface area contributed by atoms with Gasteiger partial charge in [0.2, 0.25) is 11.8 Å². The highest BCUT2D eigenvalue weighted by Gasteiger charge is 2.33. The molecule has 1 aliphatic heterocycles. The first-order valence-electron chi connectivity index (χ1n) is 7.64. The molecule has 9 heteroatoms. The molecule has 1 fully saturated rings. The van der Waals surface area contributed by atoms with Gasteiger partial charge in [0.1, 0.15) is 5.25 Å². The molecule has 1 aromatic rings. The van der Waals surface area contributed by atoms with E-state index >= 15 is 0 Å². The number of anilines is 1. The van der Waals surface area contributed by atoms with Crippen LogP contribution in [0.2, 0.25) is 0 Å². The van der Waals surface area contributed by atoms with Gasteiger partial charge in [0, 0.05) is 18.7 Å². The van der Waals surface area contributed by atoms with Gasteiger partial charge in [-0.15, -0.1) is 0 Å². The predicted molar refractivity (Wildman–Crippen MR) is 91.4 cm³/mol. The second-order valence-corrected chi connectivity index (χ2v) is 7.16. The number of carbonyl (C=O) groups excluding carboxylic acids is 2. The Morgan fingerprint density at radius 3 is 2.76 bits per heavy atom. The van der Waals surface area contributed by atoms with Gasteiger partial charge in [0.15, 0.2) is 5.17 Å². The number of amides is 2. The summed E-state index contributed by atoms with van der Waals surface area (Å²) in [5.41, 5.74) is -0.807. The van der Waals surface area contributed by atoms with Crippen LogP contribution in [0, 0.1) is 5.92 Å². The minimum absolute atomic E-state index is 0.0388. The molecule has 1 saturated heterocycles. The lowest BCUT2D eigenvalue weighted by atomic mass is 10.2. The number of hydrogen-bond donors (Lipinski definition) is 2. The van der Waals surface area contributed by atoms with Gasteiger partial charge in [-0.1, -0.05) is 31.7 Å². The second-order valence-electron chi connectivity index (χ2n) is 5.97. The van der Waals surface area contributed by atoms with Crippen LogP contribution >= 0.6 is 11.8 Å². The van der Waals surface area contributed by atoms with E-state index in [4.69, 9.17) is 0 Å². The Balaban J connectivity index is 1.95. The molecule has 2 N–H and O–H groups in total. The van der Waals surface area contributed by atoms with E-state index in [1.54, 1.807) is 0 Å². The smallest absolute Gasteiger partial charge is 0.326 e. The van der Waals surface area contributed by atoms with Gasteiger partial charge in [0.25, 0.3) is 0 Å². The van der Waals surface area contributed by atoms with E-state index in [1.807, 2.05) is 13.8 Å². The average molecular weight is 373 g/mol. The van der Waals surface area contributed by atoms with Gasteiger partial charge >= 0.3 is 6.18 Å². The Hall–Kier alpha value is -2.03. The van der Waals surface area contributed by atoms with E-state index in [0.29, 0.717) is 17.6 Å². The number of nitrogens with zero attached hydrogens (tertiary/aromatic N) is 1. The molecular formula is C16H18F3N3O2S. The van der Waals surface area contributed by atoms with Crippen LogP contribution in [-0.4, -0.2) is 28.8 Å². The summed E-state index contributed by atoms with van der Waals surface area (Å²) < 4.78 is 38.0. The van der Waals surface area contributed by atoms with E-state index in [1.165, 1.54) is 12.1 Å². The molecule has 1 atom stereocenters. The maximum atomic E-state index is 12.7. The van der Waals surface area contributed by atoms with E-state index in [-0.39, 0.29) is 18.0 Å². The van der Waals surface area contributed by atoms with Gasteiger partial charge < -0.3 is 10.6 Å². The van der Waals surface area contributed by atoms with Crippen LogP contribution < -0.4 is 10.6 Å². The Morgan fingerprint density at radius 2 is 2.12 bits per heavy atom. The Kier molecular flexibility index (Phi) is 6.10. The first kappa shape index (κ1) is 19.3. The van der Waals surface area contributed by atoms with Crippen molar-refractivity contribution in [3.63, 3.8) is 0 Å². The molecule has 2 rings (SSSR count). The normalized spacial score (nSPS) is 19.4. The summed E-state index contributed by atoms with van der Waals surface area (Å²) in [6.07, 6.45) is -4.63. The summed E-state index contributed by atoms with van der Waals surface area (Å²) >= 11 is 1.16. The SMILES string of the molecule is CC(C)CN=C1NC(=O)[C@@H](CC(=O)Nc2cccc(C(F)(F)F)c2)S1. The minimum atomic E-state index is -4.48. The van der Waals surface area contributed by atoms with E-state index in [9.17, 15) is 22.8 Å². The molecule has 0 radical (unpaired) electrons. The molecule has 136 valence electrons. The summed E-state index contributed by atoms with van der Waals surface area (Å²) in [7, 11) is 0. The van der Waals surface area contributed by atoms with Crippen molar-refractivity contribution in [2.45, 2.75) is 31.7 Å². The molecule has 0 spiro atoms. The van der Waals surface area contributed by atoms with Crippen LogP contribution in [0.4, 0.5) is 18.9 Å². The zero-order valence-electron chi connectivity index (χ0n) is 13.7. The number of alkyl halides is 3. The Labute approximate surface area is 147 Å². The largest absolute Gasteiger partial charge is 0.416 e. The fourth-order valence-electron chi connectivity index (χ4n) is 2.03. The molecule has 0 bridgehead atoms. The monoisotopic (exact) mass is 373 g/mol. The minimum Gasteiger partial charge on any atom is -0.326 e. The lowest BCUT2D eigenvalue weighted by Crippen LogP contribution is -2.28. The molecule has 2 amide bonds.